The molecule has 3 rings (SSSR count). The molecule has 0 aromatic heterocycles. The van der Waals surface area contributed by atoms with Gasteiger partial charge in [0.05, 0.1) is 12.5 Å². The molecule has 1 aliphatic heterocycles. The minimum absolute atomic E-state index is 0.0646. The van der Waals surface area contributed by atoms with Crippen LogP contribution in [-0.4, -0.2) is 39.7 Å². The molecule has 134 valence electrons. The van der Waals surface area contributed by atoms with Crippen molar-refractivity contribution in [2.24, 2.45) is 0 Å². The van der Waals surface area contributed by atoms with Crippen molar-refractivity contribution in [3.63, 3.8) is 0 Å². The molecule has 2 aliphatic rings. The first-order valence-corrected chi connectivity index (χ1v) is 8.98. The highest BCUT2D eigenvalue weighted by Gasteiger charge is 2.24. The van der Waals surface area contributed by atoms with Gasteiger partial charge < -0.3 is 20.4 Å². The van der Waals surface area contributed by atoms with Crippen LogP contribution in [0.2, 0.25) is 5.02 Å². The van der Waals surface area contributed by atoms with Crippen LogP contribution in [0.3, 0.4) is 0 Å². The molecule has 0 bridgehead atoms. The fourth-order valence-corrected chi connectivity index (χ4v) is 3.58. The number of allylic oxidation sites excluding steroid dienone is 1. The van der Waals surface area contributed by atoms with Crippen LogP contribution < -0.4 is 5.32 Å². The molecule has 0 radical (unpaired) electrons. The van der Waals surface area contributed by atoms with Crippen LogP contribution in [0.15, 0.2) is 42.2 Å². The van der Waals surface area contributed by atoms with Crippen LogP contribution in [0, 0.1) is 0 Å². The number of aliphatic hydroxyl groups is 1. The van der Waals surface area contributed by atoms with Gasteiger partial charge in [-0.3, -0.25) is 4.79 Å². The Balaban J connectivity index is 1.53. The number of phenols is 1. The van der Waals surface area contributed by atoms with Gasteiger partial charge >= 0.3 is 0 Å². The van der Waals surface area contributed by atoms with Crippen molar-refractivity contribution in [3.8, 4) is 5.75 Å². The van der Waals surface area contributed by atoms with Crippen molar-refractivity contribution in [1.29, 1.82) is 0 Å². The number of rotatable bonds is 4. The van der Waals surface area contributed by atoms with Crippen LogP contribution >= 0.6 is 11.6 Å². The van der Waals surface area contributed by atoms with Gasteiger partial charge in [0.25, 0.3) is 0 Å². The Morgan fingerprint density at radius 2 is 2.20 bits per heavy atom. The number of phenolic OH excluding ortho intramolecular Hbond substituents is 1. The number of amides is 1. The molecule has 1 heterocycles. The van der Waals surface area contributed by atoms with Crippen LogP contribution in [0.1, 0.15) is 31.2 Å². The summed E-state index contributed by atoms with van der Waals surface area (Å²) in [5.41, 5.74) is 1.25. The van der Waals surface area contributed by atoms with Gasteiger partial charge in [0.15, 0.2) is 0 Å². The fourth-order valence-electron chi connectivity index (χ4n) is 3.39. The molecule has 2 unspecified atom stereocenters. The summed E-state index contributed by atoms with van der Waals surface area (Å²) in [6.07, 6.45) is 9.51. The smallest absolute Gasteiger partial charge is 0.228 e. The van der Waals surface area contributed by atoms with Gasteiger partial charge in [0.1, 0.15) is 5.75 Å². The quantitative estimate of drug-likeness (QED) is 0.770. The Hall–Kier alpha value is -1.98. The Morgan fingerprint density at radius 3 is 2.92 bits per heavy atom. The molecule has 1 fully saturated rings. The molecule has 2 atom stereocenters. The second-order valence-corrected chi connectivity index (χ2v) is 7.08. The standard InChI is InChI=1S/C19H23ClN2O3/c20-14-4-5-18(24)13(10-14)11-19(25)21-15-6-8-22(9-7-15)16-2-1-3-17(23)12-16/h4-8,10,16-17,23-24H,1-3,9,11-12H2,(H,21,25). The minimum Gasteiger partial charge on any atom is -0.508 e. The Morgan fingerprint density at radius 1 is 1.36 bits per heavy atom. The average molecular weight is 363 g/mol. The highest BCUT2D eigenvalue weighted by atomic mass is 35.5. The van der Waals surface area contributed by atoms with Crippen molar-refractivity contribution in [2.75, 3.05) is 6.54 Å². The van der Waals surface area contributed by atoms with Gasteiger partial charge in [0, 0.05) is 35.1 Å². The molecular weight excluding hydrogens is 340 g/mol. The molecule has 1 amide bonds. The van der Waals surface area contributed by atoms with E-state index in [0.717, 1.165) is 31.4 Å². The number of carbonyl (C=O) groups excluding carboxylic acids is 1. The van der Waals surface area contributed by atoms with E-state index in [-0.39, 0.29) is 24.2 Å². The lowest BCUT2D eigenvalue weighted by Gasteiger charge is -2.36. The van der Waals surface area contributed by atoms with Crippen molar-refractivity contribution in [3.05, 3.63) is 52.8 Å². The SMILES string of the molecule is O=C(Cc1cc(Cl)ccc1O)NC1=CCN(C2CCCC(O)C2)C=C1. The van der Waals surface area contributed by atoms with Crippen molar-refractivity contribution in [2.45, 2.75) is 44.2 Å². The van der Waals surface area contributed by atoms with Crippen molar-refractivity contribution >= 4 is 17.5 Å². The summed E-state index contributed by atoms with van der Waals surface area (Å²) in [4.78, 5) is 14.4. The number of halogens is 1. The molecule has 5 nitrogen and oxygen atoms in total. The monoisotopic (exact) mass is 362 g/mol. The fraction of sp³-hybridized carbons (Fsp3) is 0.421. The lowest BCUT2D eigenvalue weighted by Crippen LogP contribution is -2.38. The molecule has 0 spiro atoms. The van der Waals surface area contributed by atoms with Gasteiger partial charge in [-0.05, 0) is 56.0 Å². The first kappa shape index (κ1) is 17.8. The second-order valence-electron chi connectivity index (χ2n) is 6.64. The summed E-state index contributed by atoms with van der Waals surface area (Å²) in [5.74, 6) is -0.134. The zero-order valence-corrected chi connectivity index (χ0v) is 14.7. The normalized spacial score (nSPS) is 23.3. The third-order valence-electron chi connectivity index (χ3n) is 4.73. The third-order valence-corrected chi connectivity index (χ3v) is 4.97. The van der Waals surface area contributed by atoms with Crippen LogP contribution in [-0.2, 0) is 11.2 Å². The van der Waals surface area contributed by atoms with Crippen molar-refractivity contribution in [1.82, 2.24) is 10.2 Å². The first-order valence-electron chi connectivity index (χ1n) is 8.60. The van der Waals surface area contributed by atoms with Gasteiger partial charge in [0.2, 0.25) is 5.91 Å². The number of benzene rings is 1. The highest BCUT2D eigenvalue weighted by molar-refractivity contribution is 6.30. The summed E-state index contributed by atoms with van der Waals surface area (Å²) in [5, 5.41) is 22.9. The molecule has 1 aromatic rings. The van der Waals surface area contributed by atoms with E-state index in [4.69, 9.17) is 11.6 Å². The van der Waals surface area contributed by atoms with E-state index >= 15 is 0 Å². The lowest BCUT2D eigenvalue weighted by molar-refractivity contribution is -0.119. The number of aromatic hydroxyl groups is 1. The summed E-state index contributed by atoms with van der Waals surface area (Å²) in [7, 11) is 0. The summed E-state index contributed by atoms with van der Waals surface area (Å²) in [6, 6.07) is 5.03. The molecule has 1 aliphatic carbocycles. The topological polar surface area (TPSA) is 72.8 Å². The van der Waals surface area contributed by atoms with E-state index in [0.29, 0.717) is 23.2 Å². The maximum Gasteiger partial charge on any atom is 0.228 e. The number of carbonyl (C=O) groups is 1. The van der Waals surface area contributed by atoms with Crippen molar-refractivity contribution < 1.29 is 15.0 Å². The number of hydrogen-bond donors (Lipinski definition) is 3. The molecular formula is C19H23ClN2O3. The van der Waals surface area contributed by atoms with E-state index in [9.17, 15) is 15.0 Å². The van der Waals surface area contributed by atoms with E-state index in [1.165, 1.54) is 6.07 Å². The van der Waals surface area contributed by atoms with Gasteiger partial charge in [-0.15, -0.1) is 0 Å². The maximum atomic E-state index is 12.2. The Labute approximate surface area is 152 Å². The van der Waals surface area contributed by atoms with E-state index in [2.05, 4.69) is 10.2 Å². The zero-order valence-electron chi connectivity index (χ0n) is 14.0. The first-order chi connectivity index (χ1) is 12.0. The zero-order chi connectivity index (χ0) is 17.8. The van der Waals surface area contributed by atoms with Crippen LogP contribution in [0.5, 0.6) is 5.75 Å². The number of aliphatic hydroxyl groups excluding tert-OH is 1. The highest BCUT2D eigenvalue weighted by Crippen LogP contribution is 2.25. The van der Waals surface area contributed by atoms with Crippen LogP contribution in [0.4, 0.5) is 0 Å². The minimum atomic E-state index is -0.206. The molecule has 1 saturated carbocycles. The number of hydrogen-bond acceptors (Lipinski definition) is 4. The molecule has 3 N–H and O–H groups in total. The average Bonchev–Trinajstić information content (AvgIpc) is 2.59. The largest absolute Gasteiger partial charge is 0.508 e. The van der Waals surface area contributed by atoms with Gasteiger partial charge in [-0.25, -0.2) is 0 Å². The molecule has 25 heavy (non-hydrogen) atoms. The number of nitrogens with zero attached hydrogens (tertiary/aromatic N) is 1. The maximum absolute atomic E-state index is 12.2. The van der Waals surface area contributed by atoms with E-state index in [1.807, 2.05) is 18.4 Å². The molecule has 1 aromatic carbocycles. The van der Waals surface area contributed by atoms with E-state index in [1.54, 1.807) is 12.1 Å². The lowest BCUT2D eigenvalue weighted by atomic mass is 9.91. The summed E-state index contributed by atoms with van der Waals surface area (Å²) in [6.45, 7) is 0.714. The van der Waals surface area contributed by atoms with Gasteiger partial charge in [-0.1, -0.05) is 11.6 Å². The molecule has 0 saturated heterocycles. The van der Waals surface area contributed by atoms with Gasteiger partial charge in [-0.2, -0.15) is 0 Å². The molecule has 6 heteroatoms. The van der Waals surface area contributed by atoms with E-state index < -0.39 is 0 Å². The second kappa shape index (κ2) is 7.93. The Kier molecular flexibility index (Phi) is 5.66. The third kappa shape index (κ3) is 4.77. The Bertz CT molecular complexity index is 702. The van der Waals surface area contributed by atoms with Crippen LogP contribution in [0.25, 0.3) is 0 Å². The summed E-state index contributed by atoms with van der Waals surface area (Å²) < 4.78 is 0. The predicted octanol–water partition coefficient (Wildman–Crippen LogP) is 2.72. The summed E-state index contributed by atoms with van der Waals surface area (Å²) >= 11 is 5.90. The number of nitrogens with one attached hydrogen (secondary N) is 1. The predicted molar refractivity (Wildman–Crippen MR) is 97.2 cm³/mol.